The summed E-state index contributed by atoms with van der Waals surface area (Å²) in [6.07, 6.45) is 0.561. The van der Waals surface area contributed by atoms with Gasteiger partial charge in [-0.2, -0.15) is 0 Å². The molecule has 0 heterocycles. The topological polar surface area (TPSA) is 35.2 Å². The van der Waals surface area contributed by atoms with E-state index in [9.17, 15) is 4.39 Å². The van der Waals surface area contributed by atoms with Crippen molar-refractivity contribution < 1.29 is 9.13 Å². The van der Waals surface area contributed by atoms with Gasteiger partial charge >= 0.3 is 0 Å². The first-order valence-corrected chi connectivity index (χ1v) is 5.95. The first-order chi connectivity index (χ1) is 8.79. The standard InChI is InChI=1S/C15H16FNO/c16-15-4-2-1-3-13(15)9-10-18-14-7-5-12(11-17)6-8-14/h1-8H,9-11,17H2. The third-order valence-corrected chi connectivity index (χ3v) is 2.76. The van der Waals surface area contributed by atoms with Gasteiger partial charge in [0.25, 0.3) is 0 Å². The summed E-state index contributed by atoms with van der Waals surface area (Å²) in [5.41, 5.74) is 7.25. The predicted octanol–water partition coefficient (Wildman–Crippen LogP) is 2.91. The smallest absolute Gasteiger partial charge is 0.126 e. The molecule has 0 spiro atoms. The van der Waals surface area contributed by atoms with Crippen molar-refractivity contribution in [3.05, 3.63) is 65.5 Å². The molecule has 0 unspecified atom stereocenters. The fraction of sp³-hybridized carbons (Fsp3) is 0.200. The summed E-state index contributed by atoms with van der Waals surface area (Å²) in [5.74, 6) is 0.600. The van der Waals surface area contributed by atoms with E-state index in [1.807, 2.05) is 30.3 Å². The maximum atomic E-state index is 13.3. The van der Waals surface area contributed by atoms with Crippen LogP contribution in [0.1, 0.15) is 11.1 Å². The number of hydrogen-bond donors (Lipinski definition) is 1. The van der Waals surface area contributed by atoms with Crippen LogP contribution in [0.25, 0.3) is 0 Å². The molecule has 0 saturated heterocycles. The normalized spacial score (nSPS) is 10.3. The summed E-state index contributed by atoms with van der Waals surface area (Å²) in [5, 5.41) is 0. The first-order valence-electron chi connectivity index (χ1n) is 5.95. The molecule has 2 nitrogen and oxygen atoms in total. The number of hydrogen-bond acceptors (Lipinski definition) is 2. The number of halogens is 1. The van der Waals surface area contributed by atoms with Crippen molar-refractivity contribution in [3.63, 3.8) is 0 Å². The molecule has 0 amide bonds. The van der Waals surface area contributed by atoms with Gasteiger partial charge in [0.15, 0.2) is 0 Å². The van der Waals surface area contributed by atoms with Gasteiger partial charge in [0.05, 0.1) is 6.61 Å². The first kappa shape index (κ1) is 12.6. The summed E-state index contributed by atoms with van der Waals surface area (Å²) >= 11 is 0. The monoisotopic (exact) mass is 245 g/mol. The van der Waals surface area contributed by atoms with Crippen LogP contribution < -0.4 is 10.5 Å². The molecule has 0 aliphatic rings. The van der Waals surface area contributed by atoms with Crippen molar-refractivity contribution in [1.82, 2.24) is 0 Å². The molecule has 94 valence electrons. The van der Waals surface area contributed by atoms with E-state index in [2.05, 4.69) is 0 Å². The van der Waals surface area contributed by atoms with E-state index >= 15 is 0 Å². The zero-order chi connectivity index (χ0) is 12.8. The maximum Gasteiger partial charge on any atom is 0.126 e. The van der Waals surface area contributed by atoms with Crippen molar-refractivity contribution in [2.24, 2.45) is 5.73 Å². The minimum Gasteiger partial charge on any atom is -0.493 e. The lowest BCUT2D eigenvalue weighted by Crippen LogP contribution is -2.03. The highest BCUT2D eigenvalue weighted by atomic mass is 19.1. The molecule has 2 aromatic rings. The van der Waals surface area contributed by atoms with Crippen LogP contribution in [0, 0.1) is 5.82 Å². The Bertz CT molecular complexity index is 496. The lowest BCUT2D eigenvalue weighted by Gasteiger charge is -2.07. The molecule has 18 heavy (non-hydrogen) atoms. The number of rotatable bonds is 5. The summed E-state index contributed by atoms with van der Waals surface area (Å²) in [7, 11) is 0. The molecule has 0 aromatic heterocycles. The Kier molecular flexibility index (Phi) is 4.31. The van der Waals surface area contributed by atoms with E-state index < -0.39 is 0 Å². The van der Waals surface area contributed by atoms with Crippen molar-refractivity contribution in [1.29, 1.82) is 0 Å². The van der Waals surface area contributed by atoms with E-state index in [0.717, 1.165) is 11.3 Å². The molecule has 0 atom stereocenters. The molecular weight excluding hydrogens is 229 g/mol. The molecule has 0 fully saturated rings. The number of benzene rings is 2. The van der Waals surface area contributed by atoms with Crippen molar-refractivity contribution in [3.8, 4) is 5.75 Å². The van der Waals surface area contributed by atoms with Gasteiger partial charge < -0.3 is 10.5 Å². The van der Waals surface area contributed by atoms with Crippen LogP contribution in [0.4, 0.5) is 4.39 Å². The quantitative estimate of drug-likeness (QED) is 0.879. The average Bonchev–Trinajstić information content (AvgIpc) is 2.42. The van der Waals surface area contributed by atoms with Crippen LogP contribution in [0.3, 0.4) is 0 Å². The van der Waals surface area contributed by atoms with Crippen LogP contribution in [0.2, 0.25) is 0 Å². The molecule has 0 radical (unpaired) electrons. The summed E-state index contributed by atoms with van der Waals surface area (Å²) < 4.78 is 18.9. The molecule has 2 rings (SSSR count). The Hall–Kier alpha value is -1.87. The number of ether oxygens (including phenoxy) is 1. The van der Waals surface area contributed by atoms with Gasteiger partial charge in [0, 0.05) is 13.0 Å². The maximum absolute atomic E-state index is 13.3. The van der Waals surface area contributed by atoms with Crippen LogP contribution in [0.15, 0.2) is 48.5 Å². The molecule has 3 heteroatoms. The average molecular weight is 245 g/mol. The van der Waals surface area contributed by atoms with Gasteiger partial charge in [-0.05, 0) is 29.3 Å². The highest BCUT2D eigenvalue weighted by Gasteiger charge is 2.01. The number of nitrogens with two attached hydrogens (primary N) is 1. The van der Waals surface area contributed by atoms with Gasteiger partial charge in [0.1, 0.15) is 11.6 Å². The van der Waals surface area contributed by atoms with Gasteiger partial charge in [0.2, 0.25) is 0 Å². The van der Waals surface area contributed by atoms with Gasteiger partial charge in [-0.15, -0.1) is 0 Å². The van der Waals surface area contributed by atoms with Gasteiger partial charge in [-0.3, -0.25) is 0 Å². The highest BCUT2D eigenvalue weighted by molar-refractivity contribution is 5.27. The minimum atomic E-state index is -0.181. The Morgan fingerprint density at radius 1 is 1.00 bits per heavy atom. The molecule has 0 bridgehead atoms. The second-order valence-electron chi connectivity index (χ2n) is 4.04. The third-order valence-electron chi connectivity index (χ3n) is 2.76. The molecule has 0 saturated carbocycles. The van der Waals surface area contributed by atoms with Crippen molar-refractivity contribution >= 4 is 0 Å². The molecule has 2 N–H and O–H groups in total. The lowest BCUT2D eigenvalue weighted by molar-refractivity contribution is 0.320. The predicted molar refractivity (Wildman–Crippen MR) is 69.9 cm³/mol. The summed E-state index contributed by atoms with van der Waals surface area (Å²) in [4.78, 5) is 0. The zero-order valence-corrected chi connectivity index (χ0v) is 10.1. The lowest BCUT2D eigenvalue weighted by atomic mass is 10.1. The van der Waals surface area contributed by atoms with Crippen LogP contribution in [-0.4, -0.2) is 6.61 Å². The zero-order valence-electron chi connectivity index (χ0n) is 10.1. The summed E-state index contributed by atoms with van der Waals surface area (Å²) in [6, 6.07) is 14.4. The Morgan fingerprint density at radius 2 is 1.72 bits per heavy atom. The van der Waals surface area contributed by atoms with E-state index in [1.54, 1.807) is 12.1 Å². The Balaban J connectivity index is 1.86. The SMILES string of the molecule is NCc1ccc(OCCc2ccccc2F)cc1. The highest BCUT2D eigenvalue weighted by Crippen LogP contribution is 2.13. The Labute approximate surface area is 106 Å². The largest absolute Gasteiger partial charge is 0.493 e. The van der Waals surface area contributed by atoms with Crippen molar-refractivity contribution in [2.45, 2.75) is 13.0 Å². The van der Waals surface area contributed by atoms with Crippen LogP contribution in [-0.2, 0) is 13.0 Å². The third kappa shape index (κ3) is 3.31. The second-order valence-corrected chi connectivity index (χ2v) is 4.04. The van der Waals surface area contributed by atoms with Gasteiger partial charge in [-0.25, -0.2) is 4.39 Å². The second kappa shape index (κ2) is 6.17. The summed E-state index contributed by atoms with van der Waals surface area (Å²) in [6.45, 7) is 0.985. The molecule has 2 aromatic carbocycles. The molecule has 0 aliphatic carbocycles. The van der Waals surface area contributed by atoms with Crippen molar-refractivity contribution in [2.75, 3.05) is 6.61 Å². The minimum absolute atomic E-state index is 0.181. The Morgan fingerprint density at radius 3 is 2.39 bits per heavy atom. The van der Waals surface area contributed by atoms with E-state index in [1.165, 1.54) is 6.07 Å². The van der Waals surface area contributed by atoms with Crippen LogP contribution >= 0.6 is 0 Å². The van der Waals surface area contributed by atoms with E-state index in [-0.39, 0.29) is 5.82 Å². The van der Waals surface area contributed by atoms with Crippen LogP contribution in [0.5, 0.6) is 5.75 Å². The fourth-order valence-electron chi connectivity index (χ4n) is 1.70. The van der Waals surface area contributed by atoms with E-state index in [4.69, 9.17) is 10.5 Å². The van der Waals surface area contributed by atoms with Gasteiger partial charge in [-0.1, -0.05) is 30.3 Å². The molecular formula is C15H16FNO. The van der Waals surface area contributed by atoms with E-state index in [0.29, 0.717) is 25.1 Å². The fourth-order valence-corrected chi connectivity index (χ4v) is 1.70. The molecule has 0 aliphatic heterocycles.